The molecule has 2 unspecified atom stereocenters. The first kappa shape index (κ1) is 21.9. The Hall–Kier alpha value is -1.05. The monoisotopic (exact) mass is 322 g/mol. The van der Waals surface area contributed by atoms with Crippen molar-refractivity contribution in [2.45, 2.75) is 91.4 Å². The third kappa shape index (κ3) is 14.3. The zero-order valence-electron chi connectivity index (χ0n) is 15.6. The Morgan fingerprint density at radius 3 is 2.39 bits per heavy atom. The first-order valence-electron chi connectivity index (χ1n) is 9.61. The molecule has 0 saturated heterocycles. The van der Waals surface area contributed by atoms with E-state index in [1.165, 1.54) is 51.4 Å². The maximum atomic E-state index is 9.94. The van der Waals surface area contributed by atoms with Crippen LogP contribution >= 0.6 is 0 Å². The summed E-state index contributed by atoms with van der Waals surface area (Å²) < 4.78 is 0. The van der Waals surface area contributed by atoms with Crippen LogP contribution in [0.2, 0.25) is 0 Å². The van der Waals surface area contributed by atoms with E-state index < -0.39 is 5.97 Å². The predicted octanol–water partition coefficient (Wildman–Crippen LogP) is 6.77. The van der Waals surface area contributed by atoms with Gasteiger partial charge in [0, 0.05) is 6.42 Å². The Balaban J connectivity index is 0.000000468. The van der Waals surface area contributed by atoms with Crippen molar-refractivity contribution in [3.8, 4) is 0 Å². The molecular weight excluding hydrogens is 284 g/mol. The van der Waals surface area contributed by atoms with Gasteiger partial charge < -0.3 is 5.11 Å². The summed E-state index contributed by atoms with van der Waals surface area (Å²) in [5.74, 6) is 1.14. The summed E-state index contributed by atoms with van der Waals surface area (Å²) >= 11 is 0. The van der Waals surface area contributed by atoms with Gasteiger partial charge in [-0.1, -0.05) is 70.3 Å². The average Bonchev–Trinajstić information content (AvgIpc) is 2.93. The summed E-state index contributed by atoms with van der Waals surface area (Å²) in [7, 11) is 0. The molecule has 1 saturated carbocycles. The van der Waals surface area contributed by atoms with Crippen LogP contribution in [0.15, 0.2) is 24.3 Å². The second-order valence-corrected chi connectivity index (χ2v) is 6.70. The molecule has 1 fully saturated rings. The lowest BCUT2D eigenvalue weighted by atomic mass is 9.97. The molecule has 0 radical (unpaired) electrons. The smallest absolute Gasteiger partial charge is 0.303 e. The van der Waals surface area contributed by atoms with Gasteiger partial charge in [-0.25, -0.2) is 0 Å². The summed E-state index contributed by atoms with van der Waals surface area (Å²) in [6, 6.07) is 0. The highest BCUT2D eigenvalue weighted by atomic mass is 16.4. The number of carbonyl (C=O) groups is 1. The zero-order chi connectivity index (χ0) is 17.3. The standard InChI is InChI=1S/C14H26.C7H12O2/c1-3-4-5-6-7-8-11-14-12-9-10-13(14)2;1-2-3-4-5-6-7(8)9/h8,11,13-14H,3-7,9-10,12H2,1-2H3;2-3H,4-6H2,1H3,(H,8,9)/b11-8+;3-2-. The highest BCUT2D eigenvalue weighted by Gasteiger charge is 2.19. The van der Waals surface area contributed by atoms with Crippen LogP contribution in [0.3, 0.4) is 0 Å². The Kier molecular flexibility index (Phi) is 15.1. The zero-order valence-corrected chi connectivity index (χ0v) is 15.6. The van der Waals surface area contributed by atoms with Crippen LogP contribution in [-0.2, 0) is 4.79 Å². The molecule has 2 nitrogen and oxygen atoms in total. The van der Waals surface area contributed by atoms with E-state index in [1.807, 2.05) is 19.1 Å². The van der Waals surface area contributed by atoms with E-state index in [4.69, 9.17) is 5.11 Å². The van der Waals surface area contributed by atoms with Gasteiger partial charge in [0.1, 0.15) is 0 Å². The molecule has 0 aromatic rings. The molecule has 0 spiro atoms. The summed E-state index contributed by atoms with van der Waals surface area (Å²) in [6.45, 7) is 6.61. The van der Waals surface area contributed by atoms with E-state index in [1.54, 1.807) is 0 Å². The second-order valence-electron chi connectivity index (χ2n) is 6.70. The normalized spacial score (nSPS) is 20.8. The number of hydrogen-bond acceptors (Lipinski definition) is 1. The number of rotatable bonds is 10. The topological polar surface area (TPSA) is 37.3 Å². The van der Waals surface area contributed by atoms with Crippen molar-refractivity contribution in [2.24, 2.45) is 11.8 Å². The lowest BCUT2D eigenvalue weighted by molar-refractivity contribution is -0.137. The van der Waals surface area contributed by atoms with Gasteiger partial charge in [-0.3, -0.25) is 4.79 Å². The molecule has 1 N–H and O–H groups in total. The van der Waals surface area contributed by atoms with Crippen LogP contribution in [0.1, 0.15) is 91.4 Å². The highest BCUT2D eigenvalue weighted by molar-refractivity contribution is 5.66. The fraction of sp³-hybridized carbons (Fsp3) is 0.762. The maximum Gasteiger partial charge on any atom is 0.303 e. The van der Waals surface area contributed by atoms with Gasteiger partial charge in [0.15, 0.2) is 0 Å². The molecule has 134 valence electrons. The Morgan fingerprint density at radius 2 is 1.83 bits per heavy atom. The van der Waals surface area contributed by atoms with Crippen LogP contribution < -0.4 is 0 Å². The van der Waals surface area contributed by atoms with E-state index in [9.17, 15) is 4.79 Å². The molecule has 0 aromatic heterocycles. The van der Waals surface area contributed by atoms with Crippen molar-refractivity contribution in [3.63, 3.8) is 0 Å². The quantitative estimate of drug-likeness (QED) is 0.356. The van der Waals surface area contributed by atoms with Crippen molar-refractivity contribution < 1.29 is 9.90 Å². The van der Waals surface area contributed by atoms with Gasteiger partial charge in [0.25, 0.3) is 0 Å². The van der Waals surface area contributed by atoms with E-state index in [-0.39, 0.29) is 6.42 Å². The van der Waals surface area contributed by atoms with Gasteiger partial charge in [-0.15, -0.1) is 0 Å². The number of carboxylic acids is 1. The van der Waals surface area contributed by atoms with E-state index >= 15 is 0 Å². The minimum Gasteiger partial charge on any atom is -0.481 e. The van der Waals surface area contributed by atoms with E-state index in [2.05, 4.69) is 26.0 Å². The lowest BCUT2D eigenvalue weighted by Crippen LogP contribution is -1.98. The summed E-state index contributed by atoms with van der Waals surface area (Å²) in [5, 5.41) is 8.19. The third-order valence-electron chi connectivity index (χ3n) is 4.53. The SMILES string of the molecule is C/C=C\CCCC(=O)O.CCCCCC/C=C/C1CCCC1C. The van der Waals surface area contributed by atoms with Gasteiger partial charge in [0.05, 0.1) is 0 Å². The van der Waals surface area contributed by atoms with Crippen LogP contribution in [0.4, 0.5) is 0 Å². The van der Waals surface area contributed by atoms with Gasteiger partial charge >= 0.3 is 5.97 Å². The highest BCUT2D eigenvalue weighted by Crippen LogP contribution is 2.32. The van der Waals surface area contributed by atoms with Crippen LogP contribution in [0.5, 0.6) is 0 Å². The molecule has 23 heavy (non-hydrogen) atoms. The molecule has 0 bridgehead atoms. The Bertz CT molecular complexity index is 331. The van der Waals surface area contributed by atoms with Crippen molar-refractivity contribution in [1.82, 2.24) is 0 Å². The summed E-state index contributed by atoms with van der Waals surface area (Å²) in [5.41, 5.74) is 0. The lowest BCUT2D eigenvalue weighted by Gasteiger charge is -2.08. The van der Waals surface area contributed by atoms with Crippen molar-refractivity contribution in [2.75, 3.05) is 0 Å². The predicted molar refractivity (Wildman–Crippen MR) is 101 cm³/mol. The van der Waals surface area contributed by atoms with Gasteiger partial charge in [-0.05, 0) is 50.9 Å². The Morgan fingerprint density at radius 1 is 1.09 bits per heavy atom. The fourth-order valence-electron chi connectivity index (χ4n) is 2.96. The van der Waals surface area contributed by atoms with E-state index in [0.29, 0.717) is 0 Å². The number of hydrogen-bond donors (Lipinski definition) is 1. The molecule has 0 aromatic carbocycles. The van der Waals surface area contributed by atoms with Crippen LogP contribution in [0.25, 0.3) is 0 Å². The molecule has 1 aliphatic carbocycles. The largest absolute Gasteiger partial charge is 0.481 e. The number of allylic oxidation sites excluding steroid dienone is 4. The van der Waals surface area contributed by atoms with Crippen LogP contribution in [0, 0.1) is 11.8 Å². The molecule has 0 aliphatic heterocycles. The van der Waals surface area contributed by atoms with E-state index in [0.717, 1.165) is 24.7 Å². The minimum absolute atomic E-state index is 0.282. The third-order valence-corrected chi connectivity index (χ3v) is 4.53. The van der Waals surface area contributed by atoms with Gasteiger partial charge in [-0.2, -0.15) is 0 Å². The van der Waals surface area contributed by atoms with Crippen LogP contribution in [-0.4, -0.2) is 11.1 Å². The average molecular weight is 323 g/mol. The van der Waals surface area contributed by atoms with Crippen molar-refractivity contribution in [3.05, 3.63) is 24.3 Å². The number of unbranched alkanes of at least 4 members (excludes halogenated alkanes) is 5. The molecule has 1 rings (SSSR count). The van der Waals surface area contributed by atoms with Gasteiger partial charge in [0.2, 0.25) is 0 Å². The minimum atomic E-state index is -0.709. The molecular formula is C21H38O2. The second kappa shape index (κ2) is 15.8. The number of aliphatic carboxylic acids is 1. The fourth-order valence-corrected chi connectivity index (χ4v) is 2.96. The summed E-state index contributed by atoms with van der Waals surface area (Å²) in [6.07, 6.45) is 22.0. The molecule has 0 heterocycles. The first-order valence-corrected chi connectivity index (χ1v) is 9.61. The molecule has 1 aliphatic rings. The van der Waals surface area contributed by atoms with Crippen molar-refractivity contribution >= 4 is 5.97 Å². The Labute approximate surface area is 144 Å². The number of carboxylic acid groups (broad SMARTS) is 1. The first-order chi connectivity index (χ1) is 11.1. The summed E-state index contributed by atoms with van der Waals surface area (Å²) in [4.78, 5) is 9.94. The molecule has 0 amide bonds. The maximum absolute atomic E-state index is 9.94. The van der Waals surface area contributed by atoms with Crippen molar-refractivity contribution in [1.29, 1.82) is 0 Å². The molecule has 2 heteroatoms. The molecule has 2 atom stereocenters.